The lowest BCUT2D eigenvalue weighted by Gasteiger charge is -2.40. The number of anilines is 3. The lowest BCUT2D eigenvalue weighted by atomic mass is 10.2. The van der Waals surface area contributed by atoms with Gasteiger partial charge in [0.05, 0.1) is 49.1 Å². The first-order valence-electron chi connectivity index (χ1n) is 12.1. The van der Waals surface area contributed by atoms with Crippen molar-refractivity contribution in [1.29, 1.82) is 0 Å². The minimum Gasteiger partial charge on any atom is -0.494 e. The van der Waals surface area contributed by atoms with E-state index in [4.69, 9.17) is 25.8 Å². The van der Waals surface area contributed by atoms with Crippen LogP contribution in [0.3, 0.4) is 0 Å². The summed E-state index contributed by atoms with van der Waals surface area (Å²) in [6.45, 7) is 3.70. The number of amides is 1. The number of imidazole rings is 1. The van der Waals surface area contributed by atoms with Crippen LogP contribution in [0.5, 0.6) is 5.75 Å². The van der Waals surface area contributed by atoms with Gasteiger partial charge in [-0.05, 0) is 31.2 Å². The number of hydrogen-bond donors (Lipinski definition) is 1. The van der Waals surface area contributed by atoms with Gasteiger partial charge in [-0.1, -0.05) is 17.7 Å². The molecule has 0 spiro atoms. The van der Waals surface area contributed by atoms with E-state index in [0.717, 1.165) is 17.0 Å². The maximum absolute atomic E-state index is 12.3. The van der Waals surface area contributed by atoms with Crippen molar-refractivity contribution in [3.8, 4) is 17.1 Å². The molecule has 0 radical (unpaired) electrons. The second kappa shape index (κ2) is 11.1. The monoisotopic (exact) mass is 537 g/mol. The zero-order valence-electron chi connectivity index (χ0n) is 21.3. The van der Waals surface area contributed by atoms with Crippen molar-refractivity contribution in [2.75, 3.05) is 50.7 Å². The molecule has 1 aliphatic rings. The summed E-state index contributed by atoms with van der Waals surface area (Å²) in [4.78, 5) is 29.5. The highest BCUT2D eigenvalue weighted by Crippen LogP contribution is 2.34. The summed E-state index contributed by atoms with van der Waals surface area (Å²) in [5.41, 5.74) is 3.73. The molecule has 1 saturated heterocycles. The molecule has 0 saturated carbocycles. The first-order chi connectivity index (χ1) is 18.5. The van der Waals surface area contributed by atoms with Crippen LogP contribution in [0.4, 0.5) is 22.1 Å². The molecule has 12 heteroatoms. The minimum absolute atomic E-state index is 0.318. The number of nitrogens with zero attached hydrogens (tertiary/aromatic N) is 6. The van der Waals surface area contributed by atoms with Gasteiger partial charge in [0, 0.05) is 38.1 Å². The number of hydrogen-bond acceptors (Lipinski definition) is 9. The first kappa shape index (κ1) is 25.6. The van der Waals surface area contributed by atoms with E-state index in [9.17, 15) is 4.79 Å². The minimum atomic E-state index is -0.424. The third kappa shape index (κ3) is 5.02. The fraction of sp³-hybridized carbons (Fsp3) is 0.308. The van der Waals surface area contributed by atoms with Crippen molar-refractivity contribution < 1.29 is 19.0 Å². The molecule has 1 unspecified atom stereocenters. The second-order valence-corrected chi connectivity index (χ2v) is 8.91. The molecule has 0 bridgehead atoms. The van der Waals surface area contributed by atoms with E-state index < -0.39 is 6.23 Å². The lowest BCUT2D eigenvalue weighted by Crippen LogP contribution is -2.56. The van der Waals surface area contributed by atoms with Crippen molar-refractivity contribution in [1.82, 2.24) is 24.3 Å². The van der Waals surface area contributed by atoms with Crippen LogP contribution in [0, 0.1) is 0 Å². The van der Waals surface area contributed by atoms with Gasteiger partial charge in [-0.25, -0.2) is 19.7 Å². The Bertz CT molecular complexity index is 1450. The van der Waals surface area contributed by atoms with Gasteiger partial charge in [0.1, 0.15) is 17.1 Å². The molecule has 4 aromatic rings. The van der Waals surface area contributed by atoms with E-state index in [1.165, 1.54) is 0 Å². The third-order valence-corrected chi connectivity index (χ3v) is 6.59. The van der Waals surface area contributed by atoms with Gasteiger partial charge in [0.25, 0.3) is 0 Å². The largest absolute Gasteiger partial charge is 0.494 e. The number of halogens is 1. The zero-order chi connectivity index (χ0) is 26.6. The Morgan fingerprint density at radius 1 is 1.16 bits per heavy atom. The predicted octanol–water partition coefficient (Wildman–Crippen LogP) is 4.45. The van der Waals surface area contributed by atoms with E-state index in [-0.39, 0.29) is 6.09 Å². The molecule has 1 aliphatic heterocycles. The summed E-state index contributed by atoms with van der Waals surface area (Å²) >= 11 is 6.46. The SMILES string of the molecule is CCOC(=O)N1CCN(c2ccc(Nc3ncc(Cl)c(-c4cnc5ccccn45)n3)c(OC)c2)CC1OC. The summed E-state index contributed by atoms with van der Waals surface area (Å²) in [6.07, 6.45) is 4.40. The van der Waals surface area contributed by atoms with Crippen LogP contribution in [0.25, 0.3) is 17.0 Å². The standard InChI is InChI=1S/C26H28ClN7O4/c1-4-38-26(35)34-12-11-32(16-23(34)37-3)17-8-9-19(21(13-17)36-2)30-25-29-14-18(27)24(31-25)20-15-28-22-7-5-6-10-33(20)22/h5-10,13-15,23H,4,11-12,16H2,1-3H3,(H,29,30,31). The van der Waals surface area contributed by atoms with Crippen LogP contribution in [-0.4, -0.2) is 77.0 Å². The fourth-order valence-electron chi connectivity index (χ4n) is 4.42. The van der Waals surface area contributed by atoms with Crippen molar-refractivity contribution in [2.45, 2.75) is 13.2 Å². The number of carbonyl (C=O) groups excluding carboxylic acids is 1. The summed E-state index contributed by atoms with van der Waals surface area (Å²) in [6, 6.07) is 11.6. The lowest BCUT2D eigenvalue weighted by molar-refractivity contribution is -0.0328. The Kier molecular flexibility index (Phi) is 7.47. The van der Waals surface area contributed by atoms with Crippen molar-refractivity contribution >= 4 is 40.7 Å². The Labute approximate surface area is 224 Å². The van der Waals surface area contributed by atoms with Gasteiger partial charge in [-0.15, -0.1) is 0 Å². The third-order valence-electron chi connectivity index (χ3n) is 6.31. The molecule has 1 atom stereocenters. The van der Waals surface area contributed by atoms with Crippen LogP contribution >= 0.6 is 11.6 Å². The highest BCUT2D eigenvalue weighted by atomic mass is 35.5. The maximum atomic E-state index is 12.3. The summed E-state index contributed by atoms with van der Waals surface area (Å²) in [5.74, 6) is 0.975. The molecule has 1 amide bonds. The fourth-order valence-corrected chi connectivity index (χ4v) is 4.61. The molecule has 5 rings (SSSR count). The number of pyridine rings is 1. The number of carbonyl (C=O) groups is 1. The van der Waals surface area contributed by atoms with E-state index in [2.05, 4.69) is 25.2 Å². The van der Waals surface area contributed by atoms with Crippen molar-refractivity contribution in [3.05, 3.63) is 60.0 Å². The molecular weight excluding hydrogens is 510 g/mol. The first-order valence-corrected chi connectivity index (χ1v) is 12.5. The normalized spacial score (nSPS) is 15.5. The van der Waals surface area contributed by atoms with Gasteiger partial charge >= 0.3 is 6.09 Å². The molecule has 198 valence electrons. The Balaban J connectivity index is 1.36. The number of benzene rings is 1. The highest BCUT2D eigenvalue weighted by molar-refractivity contribution is 6.32. The van der Waals surface area contributed by atoms with Gasteiger partial charge in [-0.2, -0.15) is 0 Å². The smallest absolute Gasteiger partial charge is 0.411 e. The Hall–Kier alpha value is -4.09. The van der Waals surface area contributed by atoms with E-state index in [1.807, 2.05) is 47.0 Å². The van der Waals surface area contributed by atoms with Gasteiger partial charge < -0.3 is 24.4 Å². The molecule has 1 N–H and O–H groups in total. The molecule has 0 aliphatic carbocycles. The molecule has 1 aromatic carbocycles. The quantitative estimate of drug-likeness (QED) is 0.366. The molecular formula is C26H28ClN7O4. The second-order valence-electron chi connectivity index (χ2n) is 8.50. The van der Waals surface area contributed by atoms with Crippen molar-refractivity contribution in [3.63, 3.8) is 0 Å². The number of aromatic nitrogens is 4. The van der Waals surface area contributed by atoms with Crippen LogP contribution in [0.1, 0.15) is 6.92 Å². The highest BCUT2D eigenvalue weighted by Gasteiger charge is 2.31. The average molecular weight is 538 g/mol. The number of piperazine rings is 1. The summed E-state index contributed by atoms with van der Waals surface area (Å²) in [5, 5.41) is 3.65. The van der Waals surface area contributed by atoms with Gasteiger partial charge in [-0.3, -0.25) is 9.30 Å². The van der Waals surface area contributed by atoms with Gasteiger partial charge in [0.2, 0.25) is 5.95 Å². The average Bonchev–Trinajstić information content (AvgIpc) is 3.38. The summed E-state index contributed by atoms with van der Waals surface area (Å²) < 4.78 is 18.3. The number of ether oxygens (including phenoxy) is 3. The number of methoxy groups -OCH3 is 2. The topological polar surface area (TPSA) is 106 Å². The van der Waals surface area contributed by atoms with E-state index in [1.54, 1.807) is 38.4 Å². The maximum Gasteiger partial charge on any atom is 0.411 e. The molecule has 11 nitrogen and oxygen atoms in total. The zero-order valence-corrected chi connectivity index (χ0v) is 22.1. The van der Waals surface area contributed by atoms with Crippen LogP contribution in [0.15, 0.2) is 55.0 Å². The van der Waals surface area contributed by atoms with Gasteiger partial charge in [0.15, 0.2) is 6.23 Å². The van der Waals surface area contributed by atoms with E-state index in [0.29, 0.717) is 54.3 Å². The summed E-state index contributed by atoms with van der Waals surface area (Å²) in [7, 11) is 3.19. The molecule has 3 aromatic heterocycles. The Morgan fingerprint density at radius 2 is 2.03 bits per heavy atom. The number of fused-ring (bicyclic) bond motifs is 1. The Morgan fingerprint density at radius 3 is 2.82 bits per heavy atom. The molecule has 38 heavy (non-hydrogen) atoms. The van der Waals surface area contributed by atoms with Crippen LogP contribution in [0.2, 0.25) is 5.02 Å². The van der Waals surface area contributed by atoms with Crippen molar-refractivity contribution in [2.24, 2.45) is 0 Å². The van der Waals surface area contributed by atoms with Crippen LogP contribution in [-0.2, 0) is 9.47 Å². The molecule has 4 heterocycles. The predicted molar refractivity (Wildman–Crippen MR) is 144 cm³/mol. The van der Waals surface area contributed by atoms with E-state index >= 15 is 0 Å². The molecule has 1 fully saturated rings. The number of rotatable bonds is 7. The number of nitrogens with one attached hydrogen (secondary N) is 1. The van der Waals surface area contributed by atoms with Crippen LogP contribution < -0.4 is 15.0 Å².